The molecule has 0 amide bonds. The van der Waals surface area contributed by atoms with Crippen LogP contribution in [-0.4, -0.2) is 23.9 Å². The Labute approximate surface area is 199 Å². The minimum atomic E-state index is -1.22. The van der Waals surface area contributed by atoms with E-state index in [1.54, 1.807) is 48.5 Å². The van der Waals surface area contributed by atoms with Gasteiger partial charge in [0.05, 0.1) is 22.2 Å². The Bertz CT molecular complexity index is 729. The molecule has 6 heteroatoms. The second-order valence-corrected chi connectivity index (χ2v) is 12.4. The molecule has 2 fully saturated rings. The molecule has 0 aromatic heterocycles. The maximum absolute atomic E-state index is 13.8. The van der Waals surface area contributed by atoms with Crippen LogP contribution in [0.4, 0.5) is 0 Å². The zero-order valence-corrected chi connectivity index (χ0v) is 21.8. The molecule has 2 atom stereocenters. The van der Waals surface area contributed by atoms with E-state index in [2.05, 4.69) is 0 Å². The molecule has 6 nitrogen and oxygen atoms in total. The molecule has 0 radical (unpaired) electrons. The van der Waals surface area contributed by atoms with Gasteiger partial charge in [-0.3, -0.25) is 19.2 Å². The van der Waals surface area contributed by atoms with Crippen molar-refractivity contribution in [3.05, 3.63) is 0 Å². The molecule has 2 unspecified atom stereocenters. The smallest absolute Gasteiger partial charge is 0.320 e. The van der Waals surface area contributed by atoms with E-state index in [0.29, 0.717) is 0 Å². The van der Waals surface area contributed by atoms with Crippen molar-refractivity contribution in [1.29, 1.82) is 0 Å². The highest BCUT2D eigenvalue weighted by atomic mass is 16.6. The summed E-state index contributed by atoms with van der Waals surface area (Å²) >= 11 is 0. The maximum Gasteiger partial charge on any atom is 0.320 e. The summed E-state index contributed by atoms with van der Waals surface area (Å²) in [6, 6.07) is 0. The Hall–Kier alpha value is -1.72. The van der Waals surface area contributed by atoms with Gasteiger partial charge >= 0.3 is 23.9 Å². The molecule has 2 rings (SSSR count). The molecular formula is C27H44O6. The fraction of sp³-hybridized carbons (Fsp3) is 0.852. The van der Waals surface area contributed by atoms with Crippen LogP contribution in [-0.2, 0) is 28.7 Å². The zero-order chi connectivity index (χ0) is 25.0. The van der Waals surface area contributed by atoms with E-state index in [-0.39, 0.29) is 11.8 Å². The molecule has 0 spiro atoms. The summed E-state index contributed by atoms with van der Waals surface area (Å²) in [5.74, 6) is -3.49. The maximum atomic E-state index is 13.8. The van der Waals surface area contributed by atoms with Gasteiger partial charge in [0.1, 0.15) is 0 Å². The molecule has 2 aliphatic carbocycles. The third-order valence-electron chi connectivity index (χ3n) is 7.52. The van der Waals surface area contributed by atoms with Gasteiger partial charge in [-0.05, 0) is 86.0 Å². The van der Waals surface area contributed by atoms with Gasteiger partial charge in [0, 0.05) is 0 Å². The van der Waals surface area contributed by atoms with Gasteiger partial charge in [0.25, 0.3) is 0 Å². The van der Waals surface area contributed by atoms with Gasteiger partial charge in [-0.1, -0.05) is 38.5 Å². The van der Waals surface area contributed by atoms with Crippen LogP contribution in [0, 0.1) is 34.0 Å². The van der Waals surface area contributed by atoms with E-state index in [1.807, 2.05) is 0 Å². The topological polar surface area (TPSA) is 86.7 Å². The lowest BCUT2D eigenvalue weighted by Gasteiger charge is -2.45. The predicted molar refractivity (Wildman–Crippen MR) is 126 cm³/mol. The molecule has 0 aromatic carbocycles. The number of esters is 4. The highest BCUT2D eigenvalue weighted by Crippen LogP contribution is 2.51. The second kappa shape index (κ2) is 10.7. The molecule has 0 N–H and O–H groups in total. The molecule has 33 heavy (non-hydrogen) atoms. The lowest BCUT2D eigenvalue weighted by molar-refractivity contribution is -0.189. The lowest BCUT2D eigenvalue weighted by Crippen LogP contribution is -2.52. The first-order valence-electron chi connectivity index (χ1n) is 12.7. The van der Waals surface area contributed by atoms with Crippen LogP contribution in [0.5, 0.6) is 0 Å². The highest BCUT2D eigenvalue weighted by Gasteiger charge is 2.56. The largest absolute Gasteiger partial charge is 0.393 e. The number of hydrogen-bond donors (Lipinski definition) is 0. The molecule has 0 aromatic rings. The molecule has 2 aliphatic rings. The summed E-state index contributed by atoms with van der Waals surface area (Å²) in [6.45, 7) is 12.0. The van der Waals surface area contributed by atoms with Crippen molar-refractivity contribution in [2.24, 2.45) is 34.0 Å². The summed E-state index contributed by atoms with van der Waals surface area (Å²) in [6.07, 6.45) is 9.23. The van der Waals surface area contributed by atoms with Gasteiger partial charge in [-0.25, -0.2) is 0 Å². The molecular weight excluding hydrogens is 420 g/mol. The van der Waals surface area contributed by atoms with Crippen LogP contribution in [0.1, 0.15) is 113 Å². The van der Waals surface area contributed by atoms with E-state index in [4.69, 9.17) is 9.47 Å². The van der Waals surface area contributed by atoms with Crippen molar-refractivity contribution in [1.82, 2.24) is 0 Å². The van der Waals surface area contributed by atoms with E-state index in [1.165, 1.54) is 0 Å². The van der Waals surface area contributed by atoms with Crippen molar-refractivity contribution < 1.29 is 28.7 Å². The van der Waals surface area contributed by atoms with Gasteiger partial charge in [0.2, 0.25) is 0 Å². The molecule has 188 valence electrons. The third kappa shape index (κ3) is 6.66. The van der Waals surface area contributed by atoms with Crippen LogP contribution < -0.4 is 0 Å². The predicted octanol–water partition coefficient (Wildman–Crippen LogP) is 6.00. The summed E-state index contributed by atoms with van der Waals surface area (Å²) < 4.78 is 10.9. The first-order valence-corrected chi connectivity index (χ1v) is 12.7. The average molecular weight is 465 g/mol. The normalized spacial score (nSPS) is 21.5. The Balaban J connectivity index is 2.51. The number of hydrogen-bond acceptors (Lipinski definition) is 6. The molecule has 0 saturated heterocycles. The fourth-order valence-electron chi connectivity index (χ4n) is 5.30. The summed E-state index contributed by atoms with van der Waals surface area (Å²) in [5.41, 5.74) is -2.90. The molecule has 2 saturated carbocycles. The minimum Gasteiger partial charge on any atom is -0.393 e. The Morgan fingerprint density at radius 2 is 1.03 bits per heavy atom. The summed E-state index contributed by atoms with van der Waals surface area (Å²) in [4.78, 5) is 52.7. The van der Waals surface area contributed by atoms with Crippen molar-refractivity contribution in [2.75, 3.05) is 0 Å². The molecule has 0 heterocycles. The lowest BCUT2D eigenvalue weighted by atomic mass is 9.58. The van der Waals surface area contributed by atoms with E-state index < -0.39 is 46.0 Å². The van der Waals surface area contributed by atoms with Crippen LogP contribution in [0.15, 0.2) is 0 Å². The third-order valence-corrected chi connectivity index (χ3v) is 7.52. The van der Waals surface area contributed by atoms with Crippen molar-refractivity contribution in [3.63, 3.8) is 0 Å². The van der Waals surface area contributed by atoms with Crippen LogP contribution in [0.2, 0.25) is 0 Å². The first kappa shape index (κ1) is 27.5. The zero-order valence-electron chi connectivity index (χ0n) is 21.8. The quantitative estimate of drug-likeness (QED) is 0.366. The number of carbonyl (C=O) groups is 4. The first-order chi connectivity index (χ1) is 15.2. The number of ether oxygens (including phenoxy) is 2. The minimum absolute atomic E-state index is 0.0803. The Kier molecular flexibility index (Phi) is 8.92. The van der Waals surface area contributed by atoms with Gasteiger partial charge < -0.3 is 9.47 Å². The van der Waals surface area contributed by atoms with Crippen LogP contribution in [0.3, 0.4) is 0 Å². The highest BCUT2D eigenvalue weighted by molar-refractivity contribution is 5.96. The average Bonchev–Trinajstić information content (AvgIpc) is 2.73. The number of rotatable bonds is 5. The van der Waals surface area contributed by atoms with E-state index in [9.17, 15) is 19.2 Å². The van der Waals surface area contributed by atoms with Gasteiger partial charge in [-0.15, -0.1) is 0 Å². The van der Waals surface area contributed by atoms with Crippen LogP contribution >= 0.6 is 0 Å². The number of carbonyl (C=O) groups excluding carboxylic acids is 4. The van der Waals surface area contributed by atoms with E-state index >= 15 is 0 Å². The monoisotopic (exact) mass is 464 g/mol. The van der Waals surface area contributed by atoms with Crippen molar-refractivity contribution in [3.8, 4) is 0 Å². The van der Waals surface area contributed by atoms with Crippen molar-refractivity contribution >= 4 is 23.9 Å². The SMILES string of the molecule is CC(C)(C)C(=O)OC(=O)C(C1CCCCC1)C(C)(C(=O)OC(=O)C(C)(C)C)C1CCCCC1. The Morgan fingerprint density at radius 3 is 1.48 bits per heavy atom. The van der Waals surface area contributed by atoms with Gasteiger partial charge in [-0.2, -0.15) is 0 Å². The molecule has 0 bridgehead atoms. The van der Waals surface area contributed by atoms with E-state index in [0.717, 1.165) is 64.2 Å². The Morgan fingerprint density at radius 1 is 0.606 bits per heavy atom. The summed E-state index contributed by atoms with van der Waals surface area (Å²) in [7, 11) is 0. The fourth-order valence-corrected chi connectivity index (χ4v) is 5.30. The van der Waals surface area contributed by atoms with Crippen molar-refractivity contribution in [2.45, 2.75) is 113 Å². The second-order valence-electron chi connectivity index (χ2n) is 12.4. The van der Waals surface area contributed by atoms with Crippen LogP contribution in [0.25, 0.3) is 0 Å². The summed E-state index contributed by atoms with van der Waals surface area (Å²) in [5, 5.41) is 0. The van der Waals surface area contributed by atoms with Gasteiger partial charge in [0.15, 0.2) is 0 Å². The standard InChI is InChI=1S/C27H44O6/c1-25(2,3)22(29)32-21(28)20(18-14-10-8-11-15-18)27(7,19-16-12-9-13-17-19)24(31)33-23(30)26(4,5)6/h18-20H,8-17H2,1-7H3. The molecule has 0 aliphatic heterocycles.